The van der Waals surface area contributed by atoms with Crippen molar-refractivity contribution in [2.75, 3.05) is 0 Å². The van der Waals surface area contributed by atoms with Crippen LogP contribution >= 0.6 is 15.9 Å². The van der Waals surface area contributed by atoms with Gasteiger partial charge in [0.1, 0.15) is 0 Å². The van der Waals surface area contributed by atoms with E-state index in [0.717, 1.165) is 16.5 Å². The molecule has 4 heteroatoms. The lowest BCUT2D eigenvalue weighted by Crippen LogP contribution is -2.40. The predicted octanol–water partition coefficient (Wildman–Crippen LogP) is 3.14. The number of hydrogen-bond donors (Lipinski definition) is 2. The van der Waals surface area contributed by atoms with Gasteiger partial charge < -0.3 is 11.1 Å². The van der Waals surface area contributed by atoms with Crippen molar-refractivity contribution in [2.24, 2.45) is 5.73 Å². The molecule has 3 nitrogen and oxygen atoms in total. The molecule has 0 saturated carbocycles. The van der Waals surface area contributed by atoms with Gasteiger partial charge in [-0.25, -0.2) is 0 Å². The summed E-state index contributed by atoms with van der Waals surface area (Å²) in [6.07, 6.45) is 1.19. The highest BCUT2D eigenvalue weighted by atomic mass is 79.9. The van der Waals surface area contributed by atoms with Crippen LogP contribution in [0.1, 0.15) is 45.2 Å². The zero-order valence-corrected chi connectivity index (χ0v) is 12.8. The lowest BCUT2D eigenvalue weighted by atomic mass is 10.00. The Morgan fingerprint density at radius 3 is 2.39 bits per heavy atom. The maximum atomic E-state index is 11.9. The summed E-state index contributed by atoms with van der Waals surface area (Å²) in [5, 5.41) is 3.02. The van der Waals surface area contributed by atoms with Gasteiger partial charge in [0.15, 0.2) is 0 Å². The SMILES string of the molecule is CCC(NC(=O)CC(C)(C)N)c1ccc(Br)cc1. The minimum Gasteiger partial charge on any atom is -0.349 e. The molecule has 0 bridgehead atoms. The van der Waals surface area contributed by atoms with Crippen molar-refractivity contribution in [3.05, 3.63) is 34.3 Å². The number of nitrogens with one attached hydrogen (secondary N) is 1. The smallest absolute Gasteiger partial charge is 0.222 e. The van der Waals surface area contributed by atoms with E-state index < -0.39 is 5.54 Å². The summed E-state index contributed by atoms with van der Waals surface area (Å²) < 4.78 is 1.04. The Balaban J connectivity index is 2.68. The second-order valence-corrected chi connectivity index (χ2v) is 6.16. The zero-order valence-electron chi connectivity index (χ0n) is 11.2. The van der Waals surface area contributed by atoms with E-state index in [9.17, 15) is 4.79 Å². The van der Waals surface area contributed by atoms with Gasteiger partial charge >= 0.3 is 0 Å². The van der Waals surface area contributed by atoms with Crippen molar-refractivity contribution in [1.29, 1.82) is 0 Å². The van der Waals surface area contributed by atoms with Crippen molar-refractivity contribution in [1.82, 2.24) is 5.32 Å². The molecule has 0 heterocycles. The molecule has 1 unspecified atom stereocenters. The molecule has 0 spiro atoms. The highest BCUT2D eigenvalue weighted by Crippen LogP contribution is 2.20. The Kier molecular flexibility index (Phi) is 5.35. The topological polar surface area (TPSA) is 55.1 Å². The van der Waals surface area contributed by atoms with Crippen LogP contribution in [-0.4, -0.2) is 11.4 Å². The third kappa shape index (κ3) is 5.19. The Morgan fingerprint density at radius 2 is 1.94 bits per heavy atom. The number of carbonyl (C=O) groups is 1. The van der Waals surface area contributed by atoms with Gasteiger partial charge in [0.2, 0.25) is 5.91 Å². The van der Waals surface area contributed by atoms with Crippen molar-refractivity contribution in [3.63, 3.8) is 0 Å². The van der Waals surface area contributed by atoms with Gasteiger partial charge in [-0.3, -0.25) is 4.79 Å². The molecule has 100 valence electrons. The molecular weight excluding hydrogens is 292 g/mol. The van der Waals surface area contributed by atoms with E-state index >= 15 is 0 Å². The van der Waals surface area contributed by atoms with Crippen LogP contribution in [0.3, 0.4) is 0 Å². The number of rotatable bonds is 5. The molecule has 0 aliphatic carbocycles. The van der Waals surface area contributed by atoms with Crippen LogP contribution in [-0.2, 0) is 4.79 Å². The second kappa shape index (κ2) is 6.34. The molecule has 0 fully saturated rings. The van der Waals surface area contributed by atoms with Gasteiger partial charge in [0.05, 0.1) is 6.04 Å². The quantitative estimate of drug-likeness (QED) is 0.877. The van der Waals surface area contributed by atoms with Crippen LogP contribution < -0.4 is 11.1 Å². The number of halogens is 1. The molecular formula is C14H21BrN2O. The largest absolute Gasteiger partial charge is 0.349 e. The molecule has 0 aromatic heterocycles. The highest BCUT2D eigenvalue weighted by molar-refractivity contribution is 9.10. The fraction of sp³-hybridized carbons (Fsp3) is 0.500. The summed E-state index contributed by atoms with van der Waals surface area (Å²) in [4.78, 5) is 11.9. The molecule has 3 N–H and O–H groups in total. The first kappa shape index (κ1) is 15.2. The van der Waals surface area contributed by atoms with E-state index in [-0.39, 0.29) is 11.9 Å². The van der Waals surface area contributed by atoms with Crippen molar-refractivity contribution < 1.29 is 4.79 Å². The average Bonchev–Trinajstić information content (AvgIpc) is 2.25. The summed E-state index contributed by atoms with van der Waals surface area (Å²) in [5.74, 6) is -0.00253. The molecule has 1 rings (SSSR count). The van der Waals surface area contributed by atoms with Crippen LogP contribution in [0.5, 0.6) is 0 Å². The fourth-order valence-corrected chi connectivity index (χ4v) is 2.04. The molecule has 1 aromatic carbocycles. The molecule has 0 saturated heterocycles. The van der Waals surface area contributed by atoms with Gasteiger partial charge in [0, 0.05) is 16.4 Å². The van der Waals surface area contributed by atoms with Crippen LogP contribution in [0.15, 0.2) is 28.7 Å². The minimum atomic E-state index is -0.470. The summed E-state index contributed by atoms with van der Waals surface area (Å²) in [6, 6.07) is 8.06. The van der Waals surface area contributed by atoms with Gasteiger partial charge in [-0.2, -0.15) is 0 Å². The zero-order chi connectivity index (χ0) is 13.8. The van der Waals surface area contributed by atoms with E-state index in [0.29, 0.717) is 6.42 Å². The fourth-order valence-electron chi connectivity index (χ4n) is 1.78. The third-order valence-electron chi connectivity index (χ3n) is 2.63. The van der Waals surface area contributed by atoms with Crippen LogP contribution in [0.2, 0.25) is 0 Å². The van der Waals surface area contributed by atoms with Crippen molar-refractivity contribution in [2.45, 2.75) is 45.2 Å². The normalized spacial score (nSPS) is 13.2. The van der Waals surface area contributed by atoms with E-state index in [2.05, 4.69) is 28.2 Å². The Bertz CT molecular complexity index is 395. The summed E-state index contributed by atoms with van der Waals surface area (Å²) in [7, 11) is 0. The highest BCUT2D eigenvalue weighted by Gasteiger charge is 2.19. The maximum absolute atomic E-state index is 11.9. The number of carbonyl (C=O) groups excluding carboxylic acids is 1. The molecule has 1 aromatic rings. The Morgan fingerprint density at radius 1 is 1.39 bits per heavy atom. The molecule has 0 aliphatic rings. The minimum absolute atomic E-state index is 0.00253. The molecule has 1 atom stereocenters. The number of hydrogen-bond acceptors (Lipinski definition) is 2. The molecule has 1 amide bonds. The molecule has 0 radical (unpaired) electrons. The maximum Gasteiger partial charge on any atom is 0.222 e. The average molecular weight is 313 g/mol. The molecule has 18 heavy (non-hydrogen) atoms. The van der Waals surface area contributed by atoms with Crippen LogP contribution in [0, 0.1) is 0 Å². The summed E-state index contributed by atoms with van der Waals surface area (Å²) in [5.41, 5.74) is 6.49. The van der Waals surface area contributed by atoms with Crippen molar-refractivity contribution >= 4 is 21.8 Å². The van der Waals surface area contributed by atoms with Crippen molar-refractivity contribution in [3.8, 4) is 0 Å². The number of nitrogens with two attached hydrogens (primary N) is 1. The summed E-state index contributed by atoms with van der Waals surface area (Å²) in [6.45, 7) is 5.76. The lowest BCUT2D eigenvalue weighted by molar-refractivity contribution is -0.122. The van der Waals surface area contributed by atoms with E-state index in [4.69, 9.17) is 5.73 Å². The van der Waals surface area contributed by atoms with Gasteiger partial charge in [0.25, 0.3) is 0 Å². The predicted molar refractivity (Wildman–Crippen MR) is 78.2 cm³/mol. The second-order valence-electron chi connectivity index (χ2n) is 5.25. The first-order valence-electron chi connectivity index (χ1n) is 6.15. The van der Waals surface area contributed by atoms with E-state index in [1.807, 2.05) is 38.1 Å². The number of benzene rings is 1. The summed E-state index contributed by atoms with van der Waals surface area (Å²) >= 11 is 3.40. The monoisotopic (exact) mass is 312 g/mol. The standard InChI is InChI=1S/C14H21BrN2O/c1-4-12(10-5-7-11(15)8-6-10)17-13(18)9-14(2,3)16/h5-8,12H,4,9,16H2,1-3H3,(H,17,18). The molecule has 0 aliphatic heterocycles. The Hall–Kier alpha value is -0.870. The van der Waals surface area contributed by atoms with E-state index in [1.165, 1.54) is 0 Å². The van der Waals surface area contributed by atoms with Crippen LogP contribution in [0.25, 0.3) is 0 Å². The van der Waals surface area contributed by atoms with Gasteiger partial charge in [-0.1, -0.05) is 35.0 Å². The van der Waals surface area contributed by atoms with Gasteiger partial charge in [-0.05, 0) is 38.0 Å². The van der Waals surface area contributed by atoms with E-state index in [1.54, 1.807) is 0 Å². The van der Waals surface area contributed by atoms with Crippen LogP contribution in [0.4, 0.5) is 0 Å². The third-order valence-corrected chi connectivity index (χ3v) is 3.16. The lowest BCUT2D eigenvalue weighted by Gasteiger charge is -2.22. The number of amides is 1. The first-order valence-corrected chi connectivity index (χ1v) is 6.95. The first-order chi connectivity index (χ1) is 8.31. The van der Waals surface area contributed by atoms with Gasteiger partial charge in [-0.15, -0.1) is 0 Å². The Labute approximate surface area is 117 Å².